The quantitative estimate of drug-likeness (QED) is 0.520. The van der Waals surface area contributed by atoms with Gasteiger partial charge in [-0.05, 0) is 55.5 Å². The second kappa shape index (κ2) is 8.30. The van der Waals surface area contributed by atoms with E-state index >= 15 is 0 Å². The zero-order chi connectivity index (χ0) is 21.2. The van der Waals surface area contributed by atoms with Gasteiger partial charge in [-0.2, -0.15) is 0 Å². The third-order valence-corrected chi connectivity index (χ3v) is 6.06. The maximum absolute atomic E-state index is 13.2. The Hall–Kier alpha value is -3.54. The fraction of sp³-hybridized carbons (Fsp3) is 0.280. The van der Waals surface area contributed by atoms with Crippen LogP contribution < -0.4 is 0 Å². The fourth-order valence-corrected chi connectivity index (χ4v) is 4.58. The second-order valence-corrected chi connectivity index (χ2v) is 8.15. The van der Waals surface area contributed by atoms with Crippen LogP contribution in [0.3, 0.4) is 0 Å². The van der Waals surface area contributed by atoms with Gasteiger partial charge in [0.05, 0.1) is 11.7 Å². The number of nitrogens with one attached hydrogen (secondary N) is 1. The number of carbonyl (C=O) groups is 1. The average Bonchev–Trinajstić information content (AvgIpc) is 3.45. The Morgan fingerprint density at radius 3 is 2.87 bits per heavy atom. The Labute approximate surface area is 181 Å². The minimum Gasteiger partial charge on any atom is -0.361 e. The van der Waals surface area contributed by atoms with Crippen molar-refractivity contribution in [3.63, 3.8) is 0 Å². The summed E-state index contributed by atoms with van der Waals surface area (Å²) < 4.78 is 0. The molecule has 1 amide bonds. The van der Waals surface area contributed by atoms with Crippen molar-refractivity contribution in [1.82, 2.24) is 24.8 Å². The van der Waals surface area contributed by atoms with E-state index in [2.05, 4.69) is 33.2 Å². The van der Waals surface area contributed by atoms with E-state index in [4.69, 9.17) is 4.98 Å². The van der Waals surface area contributed by atoms with Gasteiger partial charge >= 0.3 is 0 Å². The molecule has 4 heterocycles. The number of aryl methyl sites for hydroxylation is 2. The molecule has 5 rings (SSSR count). The van der Waals surface area contributed by atoms with Gasteiger partial charge in [-0.3, -0.25) is 9.78 Å². The topological polar surface area (TPSA) is 74.8 Å². The van der Waals surface area contributed by atoms with Gasteiger partial charge in [0.2, 0.25) is 5.91 Å². The number of hydrogen-bond donors (Lipinski definition) is 1. The number of amides is 1. The minimum atomic E-state index is 0.0266. The summed E-state index contributed by atoms with van der Waals surface area (Å²) >= 11 is 0. The molecule has 0 bridgehead atoms. The molecule has 1 aliphatic heterocycles. The summed E-state index contributed by atoms with van der Waals surface area (Å²) in [6, 6.07) is 12.4. The second-order valence-electron chi connectivity index (χ2n) is 8.15. The number of aromatic nitrogens is 4. The van der Waals surface area contributed by atoms with Crippen LogP contribution in [0.25, 0.3) is 22.0 Å². The highest BCUT2D eigenvalue weighted by atomic mass is 16.2. The van der Waals surface area contributed by atoms with Crippen molar-refractivity contribution in [1.29, 1.82) is 0 Å². The summed E-state index contributed by atoms with van der Waals surface area (Å²) in [6.45, 7) is 2.78. The molecule has 1 saturated heterocycles. The van der Waals surface area contributed by atoms with E-state index in [1.54, 1.807) is 0 Å². The van der Waals surface area contributed by atoms with Crippen LogP contribution in [0, 0.1) is 6.92 Å². The molecule has 4 aromatic rings. The van der Waals surface area contributed by atoms with Crippen molar-refractivity contribution in [2.24, 2.45) is 0 Å². The number of likely N-dealkylation sites (tertiary alicyclic amines) is 1. The van der Waals surface area contributed by atoms with Crippen molar-refractivity contribution < 1.29 is 4.79 Å². The first-order valence-electron chi connectivity index (χ1n) is 10.8. The van der Waals surface area contributed by atoms with E-state index in [1.165, 1.54) is 17.3 Å². The van der Waals surface area contributed by atoms with E-state index in [0.717, 1.165) is 53.8 Å². The van der Waals surface area contributed by atoms with Crippen molar-refractivity contribution in [3.8, 4) is 11.1 Å². The molecule has 6 heteroatoms. The zero-order valence-electron chi connectivity index (χ0n) is 17.6. The molecular formula is C25H25N5O. The SMILES string of the molecule is Cc1cc(-c2cncnc2)cc(C2CCCN2C(=O)CCc2c[nH]c3ccccc23)n1. The van der Waals surface area contributed by atoms with Gasteiger partial charge in [0, 0.05) is 53.7 Å². The lowest BCUT2D eigenvalue weighted by atomic mass is 10.0. The van der Waals surface area contributed by atoms with Crippen LogP contribution in [0.5, 0.6) is 0 Å². The van der Waals surface area contributed by atoms with Crippen LogP contribution in [0.15, 0.2) is 61.3 Å². The Morgan fingerprint density at radius 2 is 2.00 bits per heavy atom. The molecule has 1 fully saturated rings. The van der Waals surface area contributed by atoms with E-state index in [-0.39, 0.29) is 11.9 Å². The Balaban J connectivity index is 1.35. The monoisotopic (exact) mass is 411 g/mol. The highest BCUT2D eigenvalue weighted by Gasteiger charge is 2.31. The molecule has 0 spiro atoms. The highest BCUT2D eigenvalue weighted by Crippen LogP contribution is 2.34. The van der Waals surface area contributed by atoms with Crippen LogP contribution in [-0.4, -0.2) is 37.3 Å². The van der Waals surface area contributed by atoms with Crippen LogP contribution in [0.1, 0.15) is 42.3 Å². The molecule has 1 atom stereocenters. The molecule has 6 nitrogen and oxygen atoms in total. The van der Waals surface area contributed by atoms with Crippen LogP contribution >= 0.6 is 0 Å². The first-order valence-corrected chi connectivity index (χ1v) is 10.8. The number of para-hydroxylation sites is 1. The molecule has 156 valence electrons. The number of fused-ring (bicyclic) bond motifs is 1. The molecule has 1 aromatic carbocycles. The molecular weight excluding hydrogens is 386 g/mol. The third-order valence-electron chi connectivity index (χ3n) is 6.06. The van der Waals surface area contributed by atoms with Crippen molar-refractivity contribution in [2.75, 3.05) is 6.54 Å². The summed E-state index contributed by atoms with van der Waals surface area (Å²) in [5.74, 6) is 0.195. The van der Waals surface area contributed by atoms with Crippen LogP contribution in [0.4, 0.5) is 0 Å². The molecule has 31 heavy (non-hydrogen) atoms. The van der Waals surface area contributed by atoms with Gasteiger partial charge in [0.25, 0.3) is 0 Å². The zero-order valence-corrected chi connectivity index (χ0v) is 17.6. The lowest BCUT2D eigenvalue weighted by Crippen LogP contribution is -2.31. The maximum Gasteiger partial charge on any atom is 0.223 e. The molecule has 3 aromatic heterocycles. The summed E-state index contributed by atoms with van der Waals surface area (Å²) in [6.07, 6.45) is 10.4. The summed E-state index contributed by atoms with van der Waals surface area (Å²) in [7, 11) is 0. The number of nitrogens with zero attached hydrogens (tertiary/aromatic N) is 4. The molecule has 1 unspecified atom stereocenters. The summed E-state index contributed by atoms with van der Waals surface area (Å²) in [5, 5.41) is 1.20. The largest absolute Gasteiger partial charge is 0.361 e. The number of pyridine rings is 1. The molecule has 0 saturated carbocycles. The first kappa shape index (κ1) is 19.4. The number of rotatable bonds is 5. The third kappa shape index (κ3) is 3.93. The van der Waals surface area contributed by atoms with Crippen molar-refractivity contribution in [3.05, 3.63) is 78.3 Å². The Kier molecular flexibility index (Phi) is 5.20. The van der Waals surface area contributed by atoms with Crippen molar-refractivity contribution in [2.45, 2.75) is 38.6 Å². The first-order chi connectivity index (χ1) is 15.2. The summed E-state index contributed by atoms with van der Waals surface area (Å²) in [5.41, 5.74) is 6.21. The minimum absolute atomic E-state index is 0.0266. The van der Waals surface area contributed by atoms with Crippen LogP contribution in [0.2, 0.25) is 0 Å². The lowest BCUT2D eigenvalue weighted by molar-refractivity contribution is -0.132. The molecule has 0 radical (unpaired) electrons. The van der Waals surface area contributed by atoms with E-state index in [1.807, 2.05) is 48.6 Å². The predicted molar refractivity (Wildman–Crippen MR) is 120 cm³/mol. The standard InChI is InChI=1S/C25H25N5O/c1-17-11-19(20-13-26-16-27-14-20)12-23(29-17)24-7-4-10-30(24)25(31)9-8-18-15-28-22-6-3-2-5-21(18)22/h2-3,5-6,11-16,24,28H,4,7-10H2,1H3. The Morgan fingerprint density at radius 1 is 1.16 bits per heavy atom. The summed E-state index contributed by atoms with van der Waals surface area (Å²) in [4.78, 5) is 31.5. The van der Waals surface area contributed by atoms with Gasteiger partial charge in [-0.15, -0.1) is 0 Å². The number of aromatic amines is 1. The number of carbonyl (C=O) groups excluding carboxylic acids is 1. The van der Waals surface area contributed by atoms with Gasteiger partial charge in [-0.1, -0.05) is 18.2 Å². The van der Waals surface area contributed by atoms with E-state index < -0.39 is 0 Å². The fourth-order valence-electron chi connectivity index (χ4n) is 4.58. The number of H-pyrrole nitrogens is 1. The van der Waals surface area contributed by atoms with E-state index in [0.29, 0.717) is 6.42 Å². The van der Waals surface area contributed by atoms with Gasteiger partial charge in [0.15, 0.2) is 0 Å². The molecule has 1 N–H and O–H groups in total. The number of benzene rings is 1. The molecule has 0 aliphatic carbocycles. The smallest absolute Gasteiger partial charge is 0.223 e. The van der Waals surface area contributed by atoms with Crippen molar-refractivity contribution >= 4 is 16.8 Å². The lowest BCUT2D eigenvalue weighted by Gasteiger charge is -2.25. The highest BCUT2D eigenvalue weighted by molar-refractivity contribution is 5.84. The van der Waals surface area contributed by atoms with Gasteiger partial charge < -0.3 is 9.88 Å². The maximum atomic E-state index is 13.2. The van der Waals surface area contributed by atoms with Crippen LogP contribution in [-0.2, 0) is 11.2 Å². The Bertz CT molecular complexity index is 1220. The average molecular weight is 412 g/mol. The van der Waals surface area contributed by atoms with Gasteiger partial charge in [-0.25, -0.2) is 9.97 Å². The normalized spacial score (nSPS) is 16.2. The van der Waals surface area contributed by atoms with Gasteiger partial charge in [0.1, 0.15) is 6.33 Å². The predicted octanol–water partition coefficient (Wildman–Crippen LogP) is 4.62. The van der Waals surface area contributed by atoms with E-state index in [9.17, 15) is 4.79 Å². The number of hydrogen-bond acceptors (Lipinski definition) is 4. The molecule has 1 aliphatic rings.